The summed E-state index contributed by atoms with van der Waals surface area (Å²) in [7, 11) is 3.89. The van der Waals surface area contributed by atoms with Crippen LogP contribution in [0.1, 0.15) is 12.8 Å². The second-order valence-electron chi connectivity index (χ2n) is 3.73. The molecular weight excluding hydrogens is 152 g/mol. The van der Waals surface area contributed by atoms with Crippen LogP contribution < -0.4 is 5.32 Å². The van der Waals surface area contributed by atoms with E-state index in [0.717, 1.165) is 25.9 Å². The van der Waals surface area contributed by atoms with Crippen molar-refractivity contribution in [3.63, 3.8) is 0 Å². The molecule has 0 aliphatic carbocycles. The SMILES string of the molecule is CN(C)CC(=O)C1CCNCC1. The molecule has 0 aromatic heterocycles. The van der Waals surface area contributed by atoms with E-state index in [1.54, 1.807) is 0 Å². The average molecular weight is 170 g/mol. The molecule has 0 bridgehead atoms. The lowest BCUT2D eigenvalue weighted by Crippen LogP contribution is -2.35. The molecule has 1 saturated heterocycles. The molecule has 1 fully saturated rings. The molecule has 0 aromatic rings. The Morgan fingerprint density at radius 3 is 2.50 bits per heavy atom. The Bertz CT molecular complexity index is 151. The van der Waals surface area contributed by atoms with Crippen LogP contribution in [0.15, 0.2) is 0 Å². The zero-order valence-electron chi connectivity index (χ0n) is 7.97. The van der Waals surface area contributed by atoms with Gasteiger partial charge in [-0.3, -0.25) is 4.79 Å². The van der Waals surface area contributed by atoms with Crippen LogP contribution in [0, 0.1) is 5.92 Å². The second kappa shape index (κ2) is 4.58. The first-order valence-corrected chi connectivity index (χ1v) is 4.58. The fourth-order valence-corrected chi connectivity index (χ4v) is 1.58. The summed E-state index contributed by atoms with van der Waals surface area (Å²) < 4.78 is 0. The summed E-state index contributed by atoms with van der Waals surface area (Å²) in [5.74, 6) is 0.718. The van der Waals surface area contributed by atoms with Crippen molar-refractivity contribution < 1.29 is 4.79 Å². The number of carbonyl (C=O) groups is 1. The van der Waals surface area contributed by atoms with E-state index in [-0.39, 0.29) is 0 Å². The van der Waals surface area contributed by atoms with Crippen molar-refractivity contribution in [3.8, 4) is 0 Å². The monoisotopic (exact) mass is 170 g/mol. The Labute approximate surface area is 74.1 Å². The van der Waals surface area contributed by atoms with E-state index in [1.165, 1.54) is 0 Å². The van der Waals surface area contributed by atoms with E-state index >= 15 is 0 Å². The lowest BCUT2D eigenvalue weighted by atomic mass is 9.93. The van der Waals surface area contributed by atoms with Crippen molar-refractivity contribution in [1.29, 1.82) is 0 Å². The standard InChI is InChI=1S/C9H18N2O/c1-11(2)7-9(12)8-3-5-10-6-4-8/h8,10H,3-7H2,1-2H3. The van der Waals surface area contributed by atoms with Gasteiger partial charge < -0.3 is 10.2 Å². The molecule has 3 nitrogen and oxygen atoms in total. The van der Waals surface area contributed by atoms with Gasteiger partial charge >= 0.3 is 0 Å². The van der Waals surface area contributed by atoms with E-state index in [0.29, 0.717) is 18.2 Å². The quantitative estimate of drug-likeness (QED) is 0.653. The Morgan fingerprint density at radius 2 is 2.00 bits per heavy atom. The lowest BCUT2D eigenvalue weighted by Gasteiger charge is -2.22. The molecule has 3 heteroatoms. The minimum Gasteiger partial charge on any atom is -0.317 e. The fourth-order valence-electron chi connectivity index (χ4n) is 1.58. The Morgan fingerprint density at radius 1 is 1.42 bits per heavy atom. The van der Waals surface area contributed by atoms with E-state index < -0.39 is 0 Å². The van der Waals surface area contributed by atoms with Gasteiger partial charge in [-0.2, -0.15) is 0 Å². The van der Waals surface area contributed by atoms with Crippen LogP contribution in [0.5, 0.6) is 0 Å². The van der Waals surface area contributed by atoms with E-state index in [4.69, 9.17) is 0 Å². The van der Waals surface area contributed by atoms with E-state index in [2.05, 4.69) is 5.32 Å². The van der Waals surface area contributed by atoms with Gasteiger partial charge in [-0.15, -0.1) is 0 Å². The number of rotatable bonds is 3. The maximum absolute atomic E-state index is 11.5. The second-order valence-corrected chi connectivity index (χ2v) is 3.73. The highest BCUT2D eigenvalue weighted by Gasteiger charge is 2.20. The smallest absolute Gasteiger partial charge is 0.149 e. The number of piperidine rings is 1. The Hall–Kier alpha value is -0.410. The van der Waals surface area contributed by atoms with Gasteiger partial charge in [0.25, 0.3) is 0 Å². The first-order valence-electron chi connectivity index (χ1n) is 4.58. The van der Waals surface area contributed by atoms with Crippen LogP contribution in [0.3, 0.4) is 0 Å². The van der Waals surface area contributed by atoms with Gasteiger partial charge in [-0.1, -0.05) is 0 Å². The van der Waals surface area contributed by atoms with E-state index in [9.17, 15) is 4.79 Å². The third-order valence-corrected chi connectivity index (χ3v) is 2.27. The molecule has 1 heterocycles. The number of likely N-dealkylation sites (N-methyl/N-ethyl adjacent to an activating group) is 1. The summed E-state index contributed by atoms with van der Waals surface area (Å²) in [6, 6.07) is 0. The fraction of sp³-hybridized carbons (Fsp3) is 0.889. The molecule has 70 valence electrons. The van der Waals surface area contributed by atoms with E-state index in [1.807, 2.05) is 19.0 Å². The first kappa shape index (κ1) is 9.68. The van der Waals surface area contributed by atoms with Gasteiger partial charge in [-0.25, -0.2) is 0 Å². The number of nitrogens with one attached hydrogen (secondary N) is 1. The molecule has 1 rings (SSSR count). The molecule has 0 radical (unpaired) electrons. The van der Waals surface area contributed by atoms with Crippen molar-refractivity contribution in [2.24, 2.45) is 5.92 Å². The van der Waals surface area contributed by atoms with Gasteiger partial charge in [0.05, 0.1) is 6.54 Å². The predicted molar refractivity (Wildman–Crippen MR) is 49.2 cm³/mol. The summed E-state index contributed by atoms with van der Waals surface area (Å²) in [6.45, 7) is 2.61. The summed E-state index contributed by atoms with van der Waals surface area (Å²) >= 11 is 0. The van der Waals surface area contributed by atoms with Crippen LogP contribution in [-0.4, -0.2) is 44.4 Å². The molecule has 0 unspecified atom stereocenters. The van der Waals surface area contributed by atoms with Crippen molar-refractivity contribution in [2.45, 2.75) is 12.8 Å². The molecule has 1 N–H and O–H groups in total. The first-order chi connectivity index (χ1) is 5.70. The summed E-state index contributed by atoms with van der Waals surface area (Å²) in [5, 5.41) is 3.26. The normalized spacial score (nSPS) is 19.9. The van der Waals surface area contributed by atoms with Gasteiger partial charge in [0, 0.05) is 5.92 Å². The average Bonchev–Trinajstić information content (AvgIpc) is 2.05. The zero-order valence-corrected chi connectivity index (χ0v) is 7.97. The number of hydrogen-bond donors (Lipinski definition) is 1. The van der Waals surface area contributed by atoms with Gasteiger partial charge in [-0.05, 0) is 40.0 Å². The predicted octanol–water partition coefficient (Wildman–Crippen LogP) is 0.117. The number of hydrogen-bond acceptors (Lipinski definition) is 3. The molecule has 0 amide bonds. The highest BCUT2D eigenvalue weighted by atomic mass is 16.1. The molecule has 0 saturated carbocycles. The van der Waals surface area contributed by atoms with Gasteiger partial charge in [0.1, 0.15) is 5.78 Å². The molecule has 1 aliphatic rings. The van der Waals surface area contributed by atoms with Crippen LogP contribution in [0.2, 0.25) is 0 Å². The van der Waals surface area contributed by atoms with Crippen LogP contribution >= 0.6 is 0 Å². The van der Waals surface area contributed by atoms with Crippen LogP contribution in [-0.2, 0) is 4.79 Å². The van der Waals surface area contributed by atoms with Crippen molar-refractivity contribution in [1.82, 2.24) is 10.2 Å². The van der Waals surface area contributed by atoms with Crippen molar-refractivity contribution >= 4 is 5.78 Å². The number of Topliss-reactive ketones (excluding diaryl/α,β-unsaturated/α-hetero) is 1. The maximum Gasteiger partial charge on any atom is 0.149 e. The minimum absolute atomic E-state index is 0.314. The topological polar surface area (TPSA) is 32.3 Å². The Balaban J connectivity index is 2.30. The lowest BCUT2D eigenvalue weighted by molar-refractivity contribution is -0.124. The number of ketones is 1. The molecular formula is C9H18N2O. The van der Waals surface area contributed by atoms with Crippen molar-refractivity contribution in [2.75, 3.05) is 33.7 Å². The third kappa shape index (κ3) is 2.91. The number of nitrogens with zero attached hydrogens (tertiary/aromatic N) is 1. The van der Waals surface area contributed by atoms with Crippen LogP contribution in [0.25, 0.3) is 0 Å². The van der Waals surface area contributed by atoms with Crippen molar-refractivity contribution in [3.05, 3.63) is 0 Å². The molecule has 1 aliphatic heterocycles. The highest BCUT2D eigenvalue weighted by molar-refractivity contribution is 5.83. The van der Waals surface area contributed by atoms with Gasteiger partial charge in [0.15, 0.2) is 0 Å². The third-order valence-electron chi connectivity index (χ3n) is 2.27. The summed E-state index contributed by atoms with van der Waals surface area (Å²) in [4.78, 5) is 13.5. The summed E-state index contributed by atoms with van der Waals surface area (Å²) in [6.07, 6.45) is 2.04. The minimum atomic E-state index is 0.314. The largest absolute Gasteiger partial charge is 0.317 e. The summed E-state index contributed by atoms with van der Waals surface area (Å²) in [5.41, 5.74) is 0. The van der Waals surface area contributed by atoms with Gasteiger partial charge in [0.2, 0.25) is 0 Å². The molecule has 0 atom stereocenters. The zero-order chi connectivity index (χ0) is 8.97. The highest BCUT2D eigenvalue weighted by Crippen LogP contribution is 2.12. The number of carbonyl (C=O) groups excluding carboxylic acids is 1. The maximum atomic E-state index is 11.5. The molecule has 0 aromatic carbocycles. The Kier molecular flexibility index (Phi) is 3.69. The molecule has 0 spiro atoms. The van der Waals surface area contributed by atoms with Crippen LogP contribution in [0.4, 0.5) is 0 Å². The molecule has 12 heavy (non-hydrogen) atoms.